The predicted octanol–water partition coefficient (Wildman–Crippen LogP) is 0.847. The van der Waals surface area contributed by atoms with Gasteiger partial charge in [-0.15, -0.1) is 0 Å². The molecule has 0 saturated carbocycles. The van der Waals surface area contributed by atoms with E-state index in [4.69, 9.17) is 9.26 Å². The highest BCUT2D eigenvalue weighted by Gasteiger charge is 2.23. The van der Waals surface area contributed by atoms with E-state index in [2.05, 4.69) is 15.4 Å². The van der Waals surface area contributed by atoms with E-state index in [0.717, 1.165) is 70.4 Å². The molecule has 0 aliphatic carbocycles. The van der Waals surface area contributed by atoms with Gasteiger partial charge in [0.1, 0.15) is 0 Å². The second kappa shape index (κ2) is 7.11. The van der Waals surface area contributed by atoms with Gasteiger partial charge in [-0.25, -0.2) is 4.79 Å². The van der Waals surface area contributed by atoms with Gasteiger partial charge in [0.05, 0.1) is 18.8 Å². The summed E-state index contributed by atoms with van der Waals surface area (Å²) in [5.74, 6) is 1.36. The van der Waals surface area contributed by atoms with Crippen molar-refractivity contribution in [3.8, 4) is 0 Å². The molecule has 7 heteroatoms. The second-order valence-corrected chi connectivity index (χ2v) is 6.11. The molecule has 1 N–H and O–H groups in total. The first-order chi connectivity index (χ1) is 10.7. The molecule has 2 aliphatic heterocycles. The summed E-state index contributed by atoms with van der Waals surface area (Å²) in [6, 6.07) is 2.00. The molecule has 7 nitrogen and oxygen atoms in total. The zero-order chi connectivity index (χ0) is 15.4. The number of urea groups is 1. The fourth-order valence-electron chi connectivity index (χ4n) is 2.91. The number of rotatable bonds is 4. The summed E-state index contributed by atoms with van der Waals surface area (Å²) in [6.07, 6.45) is 1.05. The summed E-state index contributed by atoms with van der Waals surface area (Å²) in [7, 11) is 0. The highest BCUT2D eigenvalue weighted by molar-refractivity contribution is 5.74. The molecule has 0 aromatic carbocycles. The fraction of sp³-hybridized carbons (Fsp3) is 0.733. The average molecular weight is 308 g/mol. The van der Waals surface area contributed by atoms with Gasteiger partial charge in [0.25, 0.3) is 0 Å². The van der Waals surface area contributed by atoms with Gasteiger partial charge in [0.15, 0.2) is 5.76 Å². The molecule has 3 rings (SSSR count). The zero-order valence-electron chi connectivity index (χ0n) is 13.1. The molecule has 1 aromatic rings. The van der Waals surface area contributed by atoms with Crippen LogP contribution in [0.3, 0.4) is 0 Å². The zero-order valence-corrected chi connectivity index (χ0v) is 13.1. The van der Waals surface area contributed by atoms with E-state index >= 15 is 0 Å². The molecule has 0 spiro atoms. The summed E-state index contributed by atoms with van der Waals surface area (Å²) in [6.45, 7) is 8.21. The lowest BCUT2D eigenvalue weighted by Crippen LogP contribution is -2.52. The number of carbonyl (C=O) groups excluding carboxylic acids is 1. The van der Waals surface area contributed by atoms with E-state index in [1.54, 1.807) is 0 Å². The smallest absolute Gasteiger partial charge is 0.317 e. The Kier molecular flexibility index (Phi) is 4.94. The Morgan fingerprint density at radius 3 is 2.86 bits per heavy atom. The van der Waals surface area contributed by atoms with Crippen LogP contribution in [0.4, 0.5) is 4.79 Å². The van der Waals surface area contributed by atoms with Crippen LogP contribution in [-0.4, -0.2) is 66.9 Å². The Hall–Kier alpha value is -1.60. The molecule has 1 unspecified atom stereocenters. The number of aromatic nitrogens is 1. The summed E-state index contributed by atoms with van der Waals surface area (Å²) < 4.78 is 10.6. The van der Waals surface area contributed by atoms with Crippen LogP contribution < -0.4 is 5.32 Å². The number of ether oxygens (including phenoxy) is 1. The van der Waals surface area contributed by atoms with Crippen LogP contribution in [0.1, 0.15) is 17.9 Å². The van der Waals surface area contributed by atoms with Crippen molar-refractivity contribution in [1.29, 1.82) is 0 Å². The Labute approximate surface area is 130 Å². The summed E-state index contributed by atoms with van der Waals surface area (Å²) in [4.78, 5) is 16.3. The molecule has 0 bridgehead atoms. The normalized spacial score (nSPS) is 23.0. The number of hydrogen-bond acceptors (Lipinski definition) is 5. The maximum absolute atomic E-state index is 12.2. The number of carbonyl (C=O) groups is 1. The summed E-state index contributed by atoms with van der Waals surface area (Å²) >= 11 is 0. The SMILES string of the molecule is Cc1cc(CN2CCN(C(=O)NCC3CCOC3)CC2)on1. The van der Waals surface area contributed by atoms with Crippen molar-refractivity contribution < 1.29 is 14.1 Å². The van der Waals surface area contributed by atoms with Gasteiger partial charge in [0.2, 0.25) is 0 Å². The van der Waals surface area contributed by atoms with Crippen LogP contribution >= 0.6 is 0 Å². The van der Waals surface area contributed by atoms with Crippen molar-refractivity contribution in [2.45, 2.75) is 19.9 Å². The lowest BCUT2D eigenvalue weighted by Gasteiger charge is -2.34. The van der Waals surface area contributed by atoms with Gasteiger partial charge in [-0.2, -0.15) is 0 Å². The Balaban J connectivity index is 1.38. The van der Waals surface area contributed by atoms with Gasteiger partial charge in [-0.3, -0.25) is 4.90 Å². The molecule has 22 heavy (non-hydrogen) atoms. The van der Waals surface area contributed by atoms with E-state index < -0.39 is 0 Å². The van der Waals surface area contributed by atoms with Crippen molar-refractivity contribution >= 4 is 6.03 Å². The molecule has 122 valence electrons. The van der Waals surface area contributed by atoms with Crippen molar-refractivity contribution in [2.24, 2.45) is 5.92 Å². The maximum Gasteiger partial charge on any atom is 0.317 e. The molecule has 2 aliphatic rings. The maximum atomic E-state index is 12.2. The van der Waals surface area contributed by atoms with Crippen LogP contribution in [0.15, 0.2) is 10.6 Å². The minimum Gasteiger partial charge on any atom is -0.381 e. The van der Waals surface area contributed by atoms with Crippen molar-refractivity contribution in [3.05, 3.63) is 17.5 Å². The molecular weight excluding hydrogens is 284 g/mol. The Morgan fingerprint density at radius 1 is 1.41 bits per heavy atom. The second-order valence-electron chi connectivity index (χ2n) is 6.11. The molecule has 1 atom stereocenters. The monoisotopic (exact) mass is 308 g/mol. The van der Waals surface area contributed by atoms with Gasteiger partial charge >= 0.3 is 6.03 Å². The van der Waals surface area contributed by atoms with Gasteiger partial charge < -0.3 is 19.5 Å². The third kappa shape index (κ3) is 3.98. The van der Waals surface area contributed by atoms with E-state index in [1.807, 2.05) is 17.9 Å². The van der Waals surface area contributed by atoms with E-state index in [1.165, 1.54) is 0 Å². The highest BCUT2D eigenvalue weighted by Crippen LogP contribution is 2.12. The standard InChI is InChI=1S/C15H24N4O3/c1-12-8-14(22-17-12)10-18-3-5-19(6-4-18)15(20)16-9-13-2-7-21-11-13/h8,13H,2-7,9-11H2,1H3,(H,16,20). The van der Waals surface area contributed by atoms with Crippen LogP contribution in [0.5, 0.6) is 0 Å². The van der Waals surface area contributed by atoms with Gasteiger partial charge in [-0.1, -0.05) is 5.16 Å². The summed E-state index contributed by atoms with van der Waals surface area (Å²) in [5, 5.41) is 6.92. The fourth-order valence-corrected chi connectivity index (χ4v) is 2.91. The van der Waals surface area contributed by atoms with E-state index in [0.29, 0.717) is 5.92 Å². The molecule has 2 fully saturated rings. The lowest BCUT2D eigenvalue weighted by molar-refractivity contribution is 0.127. The quantitative estimate of drug-likeness (QED) is 0.893. The molecule has 1 aromatic heterocycles. The Bertz CT molecular complexity index is 491. The van der Waals surface area contributed by atoms with Gasteiger partial charge in [-0.05, 0) is 13.3 Å². The third-order valence-electron chi connectivity index (χ3n) is 4.28. The van der Waals surface area contributed by atoms with Crippen LogP contribution in [0, 0.1) is 12.8 Å². The number of amides is 2. The molecular formula is C15H24N4O3. The van der Waals surface area contributed by atoms with Crippen molar-refractivity contribution in [1.82, 2.24) is 20.3 Å². The molecule has 3 heterocycles. The lowest BCUT2D eigenvalue weighted by atomic mass is 10.1. The average Bonchev–Trinajstić information content (AvgIpc) is 3.17. The number of nitrogens with zero attached hydrogens (tertiary/aromatic N) is 3. The first kappa shape index (κ1) is 15.3. The number of piperazine rings is 1. The number of nitrogens with one attached hydrogen (secondary N) is 1. The first-order valence-corrected chi connectivity index (χ1v) is 7.96. The van der Waals surface area contributed by atoms with Crippen LogP contribution in [0.25, 0.3) is 0 Å². The van der Waals surface area contributed by atoms with Crippen LogP contribution in [-0.2, 0) is 11.3 Å². The van der Waals surface area contributed by atoms with Crippen molar-refractivity contribution in [3.63, 3.8) is 0 Å². The predicted molar refractivity (Wildman–Crippen MR) is 80.4 cm³/mol. The Morgan fingerprint density at radius 2 is 2.23 bits per heavy atom. The number of aryl methyl sites for hydroxylation is 1. The summed E-state index contributed by atoms with van der Waals surface area (Å²) in [5.41, 5.74) is 0.906. The molecule has 2 amide bonds. The third-order valence-corrected chi connectivity index (χ3v) is 4.28. The molecule has 2 saturated heterocycles. The van der Waals surface area contributed by atoms with E-state index in [9.17, 15) is 4.79 Å². The highest BCUT2D eigenvalue weighted by atomic mass is 16.5. The first-order valence-electron chi connectivity index (χ1n) is 7.96. The van der Waals surface area contributed by atoms with Gasteiger partial charge in [0, 0.05) is 51.3 Å². The van der Waals surface area contributed by atoms with E-state index in [-0.39, 0.29) is 6.03 Å². The topological polar surface area (TPSA) is 70.8 Å². The molecule has 0 radical (unpaired) electrons. The number of hydrogen-bond donors (Lipinski definition) is 1. The van der Waals surface area contributed by atoms with Crippen LogP contribution in [0.2, 0.25) is 0 Å². The van der Waals surface area contributed by atoms with Crippen molar-refractivity contribution in [2.75, 3.05) is 45.9 Å². The minimum absolute atomic E-state index is 0.0436. The minimum atomic E-state index is 0.0436. The largest absolute Gasteiger partial charge is 0.381 e.